The molecule has 1 aliphatic heterocycles. The smallest absolute Gasteiger partial charge is 0.224 e. The van der Waals surface area contributed by atoms with Crippen molar-refractivity contribution in [3.63, 3.8) is 0 Å². The summed E-state index contributed by atoms with van der Waals surface area (Å²) < 4.78 is 4.60. The summed E-state index contributed by atoms with van der Waals surface area (Å²) in [5.74, 6) is 0.858. The molecule has 1 unspecified atom stereocenters. The lowest BCUT2D eigenvalue weighted by Crippen LogP contribution is -2.41. The van der Waals surface area contributed by atoms with Gasteiger partial charge in [-0.3, -0.25) is 4.79 Å². The minimum atomic E-state index is 0.110. The Morgan fingerprint density at radius 3 is 3.31 bits per heavy atom. The van der Waals surface area contributed by atoms with Crippen LogP contribution in [0.1, 0.15) is 18.7 Å². The molecule has 0 aromatic carbocycles. The van der Waals surface area contributed by atoms with E-state index in [0.717, 1.165) is 25.9 Å². The van der Waals surface area contributed by atoms with Crippen molar-refractivity contribution < 1.29 is 9.32 Å². The molecule has 0 aliphatic carbocycles. The SMILES string of the molecule is O=C(NCCc1ncon1)C1CCCNC1. The number of piperidine rings is 1. The molecule has 1 amide bonds. The van der Waals surface area contributed by atoms with Crippen molar-refractivity contribution in [2.75, 3.05) is 19.6 Å². The number of nitrogens with one attached hydrogen (secondary N) is 2. The highest BCUT2D eigenvalue weighted by Gasteiger charge is 2.20. The van der Waals surface area contributed by atoms with Gasteiger partial charge in [0.1, 0.15) is 0 Å². The summed E-state index contributed by atoms with van der Waals surface area (Å²) in [6.07, 6.45) is 3.95. The number of carbonyl (C=O) groups excluding carboxylic acids is 1. The van der Waals surface area contributed by atoms with Gasteiger partial charge in [-0.1, -0.05) is 5.16 Å². The van der Waals surface area contributed by atoms with Crippen molar-refractivity contribution in [3.8, 4) is 0 Å². The Labute approximate surface area is 93.8 Å². The Balaban J connectivity index is 1.67. The van der Waals surface area contributed by atoms with E-state index in [1.54, 1.807) is 0 Å². The maximum Gasteiger partial charge on any atom is 0.224 e. The summed E-state index contributed by atoms with van der Waals surface area (Å²) in [6.45, 7) is 2.37. The zero-order chi connectivity index (χ0) is 11.2. The van der Waals surface area contributed by atoms with Crippen LogP contribution in [0.3, 0.4) is 0 Å². The van der Waals surface area contributed by atoms with Gasteiger partial charge in [-0.2, -0.15) is 4.98 Å². The molecule has 1 saturated heterocycles. The first-order chi connectivity index (χ1) is 7.86. The van der Waals surface area contributed by atoms with E-state index >= 15 is 0 Å². The maximum atomic E-state index is 11.7. The monoisotopic (exact) mass is 224 g/mol. The molecular formula is C10H16N4O2. The number of nitrogens with zero attached hydrogens (tertiary/aromatic N) is 2. The Kier molecular flexibility index (Phi) is 3.87. The highest BCUT2D eigenvalue weighted by atomic mass is 16.5. The molecule has 0 radical (unpaired) electrons. The van der Waals surface area contributed by atoms with Gasteiger partial charge in [0, 0.05) is 19.5 Å². The van der Waals surface area contributed by atoms with Crippen molar-refractivity contribution in [1.29, 1.82) is 0 Å². The van der Waals surface area contributed by atoms with Crippen molar-refractivity contribution >= 4 is 5.91 Å². The third-order valence-corrected chi connectivity index (χ3v) is 2.72. The van der Waals surface area contributed by atoms with Gasteiger partial charge in [-0.25, -0.2) is 0 Å². The van der Waals surface area contributed by atoms with Crippen molar-refractivity contribution in [2.45, 2.75) is 19.3 Å². The molecule has 2 heterocycles. The summed E-state index contributed by atoms with van der Waals surface area (Å²) in [6, 6.07) is 0. The fourth-order valence-electron chi connectivity index (χ4n) is 1.82. The molecule has 16 heavy (non-hydrogen) atoms. The predicted molar refractivity (Wildman–Crippen MR) is 56.6 cm³/mol. The first-order valence-corrected chi connectivity index (χ1v) is 5.60. The van der Waals surface area contributed by atoms with E-state index in [9.17, 15) is 4.79 Å². The second-order valence-corrected chi connectivity index (χ2v) is 3.93. The third kappa shape index (κ3) is 3.03. The summed E-state index contributed by atoms with van der Waals surface area (Å²) >= 11 is 0. The zero-order valence-corrected chi connectivity index (χ0v) is 9.11. The molecule has 2 N–H and O–H groups in total. The third-order valence-electron chi connectivity index (χ3n) is 2.72. The van der Waals surface area contributed by atoms with E-state index in [1.165, 1.54) is 6.39 Å². The Bertz CT molecular complexity index is 320. The second-order valence-electron chi connectivity index (χ2n) is 3.93. The maximum absolute atomic E-state index is 11.7. The van der Waals surface area contributed by atoms with Gasteiger partial charge in [-0.05, 0) is 19.4 Å². The number of hydrogen-bond donors (Lipinski definition) is 2. The highest BCUT2D eigenvalue weighted by Crippen LogP contribution is 2.09. The fraction of sp³-hybridized carbons (Fsp3) is 0.700. The largest absolute Gasteiger partial charge is 0.355 e. The molecule has 6 nitrogen and oxygen atoms in total. The van der Waals surface area contributed by atoms with Crippen molar-refractivity contribution in [3.05, 3.63) is 12.2 Å². The molecule has 1 atom stereocenters. The standard InChI is InChI=1S/C10H16N4O2/c15-10(8-2-1-4-11-6-8)12-5-3-9-13-7-16-14-9/h7-8,11H,1-6H2,(H,12,15). The van der Waals surface area contributed by atoms with Crippen LogP contribution in [0.4, 0.5) is 0 Å². The van der Waals surface area contributed by atoms with Gasteiger partial charge < -0.3 is 15.2 Å². The van der Waals surface area contributed by atoms with E-state index in [1.807, 2.05) is 0 Å². The first-order valence-electron chi connectivity index (χ1n) is 5.60. The van der Waals surface area contributed by atoms with Crippen molar-refractivity contribution in [1.82, 2.24) is 20.8 Å². The lowest BCUT2D eigenvalue weighted by molar-refractivity contribution is -0.125. The molecule has 0 spiro atoms. The lowest BCUT2D eigenvalue weighted by Gasteiger charge is -2.21. The van der Waals surface area contributed by atoms with Gasteiger partial charge in [-0.15, -0.1) is 0 Å². The number of amides is 1. The summed E-state index contributed by atoms with van der Waals surface area (Å²) in [4.78, 5) is 15.6. The van der Waals surface area contributed by atoms with Gasteiger partial charge >= 0.3 is 0 Å². The van der Waals surface area contributed by atoms with E-state index < -0.39 is 0 Å². The van der Waals surface area contributed by atoms with E-state index in [4.69, 9.17) is 0 Å². The van der Waals surface area contributed by atoms with Gasteiger partial charge in [0.2, 0.25) is 12.3 Å². The molecule has 0 saturated carbocycles. The van der Waals surface area contributed by atoms with Crippen LogP contribution in [0, 0.1) is 5.92 Å². The average Bonchev–Trinajstić information content (AvgIpc) is 2.83. The second kappa shape index (κ2) is 5.60. The first kappa shape index (κ1) is 11.1. The Morgan fingerprint density at radius 1 is 1.69 bits per heavy atom. The number of rotatable bonds is 4. The molecule has 6 heteroatoms. The minimum absolute atomic E-state index is 0.110. The molecule has 0 bridgehead atoms. The molecule has 1 aliphatic rings. The summed E-state index contributed by atoms with van der Waals surface area (Å²) in [7, 11) is 0. The van der Waals surface area contributed by atoms with Crippen LogP contribution in [-0.4, -0.2) is 35.7 Å². The van der Waals surface area contributed by atoms with Gasteiger partial charge in [0.25, 0.3) is 0 Å². The lowest BCUT2D eigenvalue weighted by atomic mass is 9.99. The zero-order valence-electron chi connectivity index (χ0n) is 9.11. The molecule has 1 aromatic heterocycles. The molecule has 1 aromatic rings. The minimum Gasteiger partial charge on any atom is -0.355 e. The predicted octanol–water partition coefficient (Wildman–Crippen LogP) is -0.272. The van der Waals surface area contributed by atoms with Crippen LogP contribution in [0.25, 0.3) is 0 Å². The Hall–Kier alpha value is -1.43. The van der Waals surface area contributed by atoms with Crippen LogP contribution in [0.5, 0.6) is 0 Å². The highest BCUT2D eigenvalue weighted by molar-refractivity contribution is 5.78. The Morgan fingerprint density at radius 2 is 2.62 bits per heavy atom. The summed E-state index contributed by atoms with van der Waals surface area (Å²) in [5.41, 5.74) is 0. The van der Waals surface area contributed by atoms with E-state index in [2.05, 4.69) is 25.3 Å². The molecule has 1 fully saturated rings. The quantitative estimate of drug-likeness (QED) is 0.735. The van der Waals surface area contributed by atoms with Crippen LogP contribution in [0.2, 0.25) is 0 Å². The number of aromatic nitrogens is 2. The van der Waals surface area contributed by atoms with Crippen LogP contribution in [0.15, 0.2) is 10.9 Å². The molecule has 2 rings (SSSR count). The normalized spacial score (nSPS) is 20.6. The van der Waals surface area contributed by atoms with Crippen LogP contribution < -0.4 is 10.6 Å². The summed E-state index contributed by atoms with van der Waals surface area (Å²) in [5, 5.41) is 9.79. The topological polar surface area (TPSA) is 80.1 Å². The van der Waals surface area contributed by atoms with Crippen LogP contribution >= 0.6 is 0 Å². The van der Waals surface area contributed by atoms with E-state index in [-0.39, 0.29) is 11.8 Å². The molecular weight excluding hydrogens is 208 g/mol. The van der Waals surface area contributed by atoms with Gasteiger partial charge in [0.15, 0.2) is 5.82 Å². The molecule has 88 valence electrons. The fourth-order valence-corrected chi connectivity index (χ4v) is 1.82. The van der Waals surface area contributed by atoms with E-state index in [0.29, 0.717) is 18.8 Å². The van der Waals surface area contributed by atoms with Crippen molar-refractivity contribution in [2.24, 2.45) is 5.92 Å². The van der Waals surface area contributed by atoms with Crippen LogP contribution in [-0.2, 0) is 11.2 Å². The average molecular weight is 224 g/mol. The number of hydrogen-bond acceptors (Lipinski definition) is 5. The number of carbonyl (C=O) groups is 1. The van der Waals surface area contributed by atoms with Gasteiger partial charge in [0.05, 0.1) is 5.92 Å².